The Morgan fingerprint density at radius 3 is 2.42 bits per heavy atom. The molecule has 0 atom stereocenters. The van der Waals surface area contributed by atoms with Gasteiger partial charge in [-0.2, -0.15) is 0 Å². The number of hydrogen-bond donors (Lipinski definition) is 0. The first-order valence-electron chi connectivity index (χ1n) is 8.09. The topological polar surface area (TPSA) is 35.3 Å². The highest BCUT2D eigenvalue weighted by Gasteiger charge is 2.13. The minimum Gasteiger partial charge on any atom is -0.493 e. The van der Waals surface area contributed by atoms with Crippen molar-refractivity contribution in [3.63, 3.8) is 0 Å². The van der Waals surface area contributed by atoms with Crippen LogP contribution in [0.2, 0.25) is 0 Å². The van der Waals surface area contributed by atoms with Crippen LogP contribution in [0.3, 0.4) is 0 Å². The van der Waals surface area contributed by atoms with Gasteiger partial charge in [-0.05, 0) is 35.4 Å². The highest BCUT2D eigenvalue weighted by Crippen LogP contribution is 2.36. The van der Waals surface area contributed by atoms with E-state index in [4.69, 9.17) is 9.15 Å². The van der Waals surface area contributed by atoms with Gasteiger partial charge in [0, 0.05) is 23.3 Å². The molecule has 0 bridgehead atoms. The molecule has 0 saturated carbocycles. The fraction of sp³-hybridized carbons (Fsp3) is 0.0455. The number of ether oxygens (including phenoxy) is 1. The van der Waals surface area contributed by atoms with Crippen molar-refractivity contribution in [2.45, 2.75) is 0 Å². The van der Waals surface area contributed by atoms with E-state index < -0.39 is 0 Å². The van der Waals surface area contributed by atoms with E-state index in [1.165, 1.54) is 0 Å². The molecular weight excluding hydrogens is 346 g/mol. The van der Waals surface area contributed by atoms with Crippen molar-refractivity contribution >= 4 is 35.5 Å². The number of furan rings is 1. The van der Waals surface area contributed by atoms with Crippen molar-refractivity contribution in [3.05, 3.63) is 84.2 Å². The zero-order chi connectivity index (χ0) is 17.1. The number of aromatic nitrogens is 1. The van der Waals surface area contributed by atoms with Gasteiger partial charge in [0.25, 0.3) is 0 Å². The van der Waals surface area contributed by atoms with Crippen molar-refractivity contribution in [3.8, 4) is 17.1 Å². The molecule has 0 unspecified atom stereocenters. The van der Waals surface area contributed by atoms with Gasteiger partial charge in [-0.25, -0.2) is 0 Å². The molecule has 4 heteroatoms. The molecule has 0 fully saturated rings. The third-order valence-corrected chi connectivity index (χ3v) is 4.12. The highest BCUT2D eigenvalue weighted by atomic mass is 35.5. The van der Waals surface area contributed by atoms with Gasteiger partial charge in [0.1, 0.15) is 5.76 Å². The van der Waals surface area contributed by atoms with Crippen LogP contribution in [-0.4, -0.2) is 12.1 Å². The van der Waals surface area contributed by atoms with Crippen molar-refractivity contribution in [2.75, 3.05) is 7.11 Å². The Kier molecular flexibility index (Phi) is 5.40. The molecular formula is C22H18ClNO2. The number of methoxy groups -OCH3 is 1. The Morgan fingerprint density at radius 1 is 0.923 bits per heavy atom. The van der Waals surface area contributed by atoms with Crippen LogP contribution in [0.15, 0.2) is 77.5 Å². The average molecular weight is 364 g/mol. The van der Waals surface area contributed by atoms with E-state index in [0.29, 0.717) is 0 Å². The Balaban J connectivity index is 0.00000196. The lowest BCUT2D eigenvalue weighted by Crippen LogP contribution is -1.84. The van der Waals surface area contributed by atoms with Gasteiger partial charge in [0.2, 0.25) is 0 Å². The number of fused-ring (bicyclic) bond motifs is 1. The number of nitrogens with zero attached hydrogens (tertiary/aromatic N) is 1. The summed E-state index contributed by atoms with van der Waals surface area (Å²) in [5.41, 5.74) is 3.99. The zero-order valence-electron chi connectivity index (χ0n) is 14.3. The second kappa shape index (κ2) is 7.89. The van der Waals surface area contributed by atoms with Crippen LogP contribution in [0, 0.1) is 0 Å². The van der Waals surface area contributed by atoms with Crippen molar-refractivity contribution in [1.82, 2.24) is 4.98 Å². The van der Waals surface area contributed by atoms with Crippen LogP contribution < -0.4 is 4.74 Å². The molecule has 4 aromatic rings. The van der Waals surface area contributed by atoms with E-state index in [2.05, 4.69) is 23.2 Å². The molecule has 2 aromatic heterocycles. The number of rotatable bonds is 4. The molecule has 2 heterocycles. The number of benzene rings is 2. The summed E-state index contributed by atoms with van der Waals surface area (Å²) in [7, 11) is 1.66. The lowest BCUT2D eigenvalue weighted by Gasteiger charge is -2.02. The van der Waals surface area contributed by atoms with E-state index in [1.807, 2.05) is 54.6 Å². The summed E-state index contributed by atoms with van der Waals surface area (Å²) < 4.78 is 11.6. The van der Waals surface area contributed by atoms with E-state index in [1.54, 1.807) is 19.5 Å². The number of halogens is 1. The van der Waals surface area contributed by atoms with Gasteiger partial charge in [0.15, 0.2) is 11.3 Å². The smallest absolute Gasteiger partial charge is 0.177 e. The molecule has 0 N–H and O–H groups in total. The van der Waals surface area contributed by atoms with Crippen LogP contribution in [0.5, 0.6) is 5.75 Å². The van der Waals surface area contributed by atoms with Crippen LogP contribution >= 0.6 is 12.4 Å². The quantitative estimate of drug-likeness (QED) is 0.439. The Bertz CT molecular complexity index is 1020. The minimum atomic E-state index is 0. The van der Waals surface area contributed by atoms with E-state index in [0.717, 1.165) is 39.2 Å². The molecule has 0 spiro atoms. The zero-order valence-corrected chi connectivity index (χ0v) is 15.1. The average Bonchev–Trinajstić information content (AvgIpc) is 3.13. The fourth-order valence-electron chi connectivity index (χ4n) is 2.83. The third kappa shape index (κ3) is 3.48. The summed E-state index contributed by atoms with van der Waals surface area (Å²) in [5, 5.41) is 1.03. The van der Waals surface area contributed by atoms with Gasteiger partial charge in [0.05, 0.1) is 7.11 Å². The van der Waals surface area contributed by atoms with Gasteiger partial charge >= 0.3 is 0 Å². The second-order valence-corrected chi connectivity index (χ2v) is 5.69. The van der Waals surface area contributed by atoms with Gasteiger partial charge in [-0.15, -0.1) is 12.4 Å². The maximum Gasteiger partial charge on any atom is 0.177 e. The SMILES string of the molecule is COc1ccc(/C=C/c2ccncc2)c2cc(-c3ccccc3)oc12.Cl. The maximum absolute atomic E-state index is 6.10. The lowest BCUT2D eigenvalue weighted by atomic mass is 10.1. The summed E-state index contributed by atoms with van der Waals surface area (Å²) >= 11 is 0. The first-order chi connectivity index (χ1) is 12.3. The van der Waals surface area contributed by atoms with Crippen LogP contribution in [0.25, 0.3) is 34.4 Å². The summed E-state index contributed by atoms with van der Waals surface area (Å²) in [4.78, 5) is 4.04. The number of pyridine rings is 1. The van der Waals surface area contributed by atoms with Gasteiger partial charge < -0.3 is 9.15 Å². The van der Waals surface area contributed by atoms with Gasteiger partial charge in [-0.3, -0.25) is 4.98 Å². The summed E-state index contributed by atoms with van der Waals surface area (Å²) in [6.07, 6.45) is 7.73. The summed E-state index contributed by atoms with van der Waals surface area (Å²) in [5.74, 6) is 1.57. The Labute approximate surface area is 158 Å². The normalized spacial score (nSPS) is 10.8. The van der Waals surface area contributed by atoms with Crippen LogP contribution in [0.1, 0.15) is 11.1 Å². The molecule has 26 heavy (non-hydrogen) atoms. The molecule has 0 aliphatic rings. The largest absolute Gasteiger partial charge is 0.493 e. The lowest BCUT2D eigenvalue weighted by molar-refractivity contribution is 0.411. The van der Waals surface area contributed by atoms with E-state index in [-0.39, 0.29) is 12.4 Å². The third-order valence-electron chi connectivity index (χ3n) is 4.12. The molecule has 0 saturated heterocycles. The molecule has 3 nitrogen and oxygen atoms in total. The van der Waals surface area contributed by atoms with E-state index in [9.17, 15) is 0 Å². The molecule has 4 rings (SSSR count). The standard InChI is InChI=1S/C22H17NO2.ClH/c1-24-20-10-9-17(8-7-16-11-13-23-14-12-16)19-15-21(25-22(19)20)18-5-3-2-4-6-18;/h2-15H,1H3;1H/b8-7+;. The van der Waals surface area contributed by atoms with Crippen molar-refractivity contribution in [1.29, 1.82) is 0 Å². The van der Waals surface area contributed by atoms with Crippen molar-refractivity contribution in [2.24, 2.45) is 0 Å². The monoisotopic (exact) mass is 363 g/mol. The predicted octanol–water partition coefficient (Wildman–Crippen LogP) is 6.10. The fourth-order valence-corrected chi connectivity index (χ4v) is 2.83. The molecule has 0 radical (unpaired) electrons. The van der Waals surface area contributed by atoms with Crippen molar-refractivity contribution < 1.29 is 9.15 Å². The summed E-state index contributed by atoms with van der Waals surface area (Å²) in [6, 6.07) is 20.1. The Hall–Kier alpha value is -3.04. The molecule has 0 aliphatic heterocycles. The predicted molar refractivity (Wildman–Crippen MR) is 109 cm³/mol. The highest BCUT2D eigenvalue weighted by molar-refractivity contribution is 5.95. The number of hydrogen-bond acceptors (Lipinski definition) is 3. The van der Waals surface area contributed by atoms with Crippen LogP contribution in [0.4, 0.5) is 0 Å². The molecule has 130 valence electrons. The second-order valence-electron chi connectivity index (χ2n) is 5.69. The first-order valence-corrected chi connectivity index (χ1v) is 8.09. The maximum atomic E-state index is 6.10. The Morgan fingerprint density at radius 2 is 1.69 bits per heavy atom. The molecule has 2 aromatic carbocycles. The molecule has 0 amide bonds. The molecule has 0 aliphatic carbocycles. The van der Waals surface area contributed by atoms with Gasteiger partial charge in [-0.1, -0.05) is 48.6 Å². The first kappa shape index (κ1) is 17.8. The van der Waals surface area contributed by atoms with Crippen LogP contribution in [-0.2, 0) is 0 Å². The van der Waals surface area contributed by atoms with E-state index >= 15 is 0 Å². The summed E-state index contributed by atoms with van der Waals surface area (Å²) in [6.45, 7) is 0. The minimum absolute atomic E-state index is 0.